The van der Waals surface area contributed by atoms with E-state index in [9.17, 15) is 0 Å². The normalized spacial score (nSPS) is 11.0. The number of para-hydroxylation sites is 2. The quantitative estimate of drug-likeness (QED) is 0.587. The van der Waals surface area contributed by atoms with Crippen molar-refractivity contribution in [3.05, 3.63) is 36.5 Å². The largest absolute Gasteiger partial charge is 0.495 e. The van der Waals surface area contributed by atoms with Crippen LogP contribution in [0.1, 0.15) is 6.92 Å². The molecule has 4 nitrogen and oxygen atoms in total. The Kier molecular flexibility index (Phi) is 4.20. The maximum atomic E-state index is 5.12. The Morgan fingerprint density at radius 1 is 1.36 bits per heavy atom. The van der Waals surface area contributed by atoms with Gasteiger partial charge in [-0.3, -0.25) is 5.43 Å². The van der Waals surface area contributed by atoms with E-state index in [1.54, 1.807) is 19.4 Å². The zero-order valence-electron chi connectivity index (χ0n) is 8.27. The second-order valence-corrected chi connectivity index (χ2v) is 2.51. The van der Waals surface area contributed by atoms with E-state index in [2.05, 4.69) is 15.8 Å². The van der Waals surface area contributed by atoms with Crippen molar-refractivity contribution < 1.29 is 4.74 Å². The summed E-state index contributed by atoms with van der Waals surface area (Å²) in [5, 5.41) is 7.49. The van der Waals surface area contributed by atoms with E-state index >= 15 is 0 Å². The molecule has 0 spiro atoms. The minimum Gasteiger partial charge on any atom is -0.495 e. The van der Waals surface area contributed by atoms with E-state index in [1.807, 2.05) is 31.2 Å². The van der Waals surface area contributed by atoms with Gasteiger partial charge < -0.3 is 4.74 Å². The molecular formula is C10H13N3O. The number of rotatable bonds is 4. The molecule has 1 rings (SSSR count). The molecular weight excluding hydrogens is 178 g/mol. The van der Waals surface area contributed by atoms with Crippen LogP contribution in [-0.4, -0.2) is 7.11 Å². The van der Waals surface area contributed by atoms with Crippen LogP contribution in [0.3, 0.4) is 0 Å². The van der Waals surface area contributed by atoms with Gasteiger partial charge in [-0.15, -0.1) is 5.11 Å². The lowest BCUT2D eigenvalue weighted by molar-refractivity contribution is 0.416. The van der Waals surface area contributed by atoms with E-state index in [1.165, 1.54) is 0 Å². The molecule has 0 heterocycles. The van der Waals surface area contributed by atoms with Gasteiger partial charge in [0, 0.05) is 6.20 Å². The average molecular weight is 191 g/mol. The summed E-state index contributed by atoms with van der Waals surface area (Å²) in [6.07, 6.45) is 3.40. The Bertz CT molecular complexity index is 334. The summed E-state index contributed by atoms with van der Waals surface area (Å²) in [5.41, 5.74) is 3.58. The van der Waals surface area contributed by atoms with Gasteiger partial charge in [0.05, 0.1) is 12.8 Å². The van der Waals surface area contributed by atoms with Gasteiger partial charge in [-0.25, -0.2) is 0 Å². The molecule has 0 atom stereocenters. The number of benzene rings is 1. The maximum Gasteiger partial charge on any atom is 0.143 e. The Labute approximate surface area is 83.3 Å². The molecule has 14 heavy (non-hydrogen) atoms. The monoisotopic (exact) mass is 191 g/mol. The number of nitrogens with zero attached hydrogens (tertiary/aromatic N) is 2. The van der Waals surface area contributed by atoms with Crippen molar-refractivity contribution in [3.63, 3.8) is 0 Å². The Balaban J connectivity index is 2.66. The molecule has 74 valence electrons. The number of ether oxygens (including phenoxy) is 1. The van der Waals surface area contributed by atoms with Gasteiger partial charge >= 0.3 is 0 Å². The van der Waals surface area contributed by atoms with E-state index in [0.717, 1.165) is 11.4 Å². The summed E-state index contributed by atoms with van der Waals surface area (Å²) in [5.74, 6) is 0.743. The standard InChI is InChI=1S/C10H13N3O/c1-3-8-11-13-12-9-6-4-5-7-10(9)14-2/h3-8H,1-2H3,(H,11,12)/b8-3+. The molecule has 0 amide bonds. The van der Waals surface area contributed by atoms with Crippen LogP contribution in [0.4, 0.5) is 5.69 Å². The second kappa shape index (κ2) is 5.75. The minimum absolute atomic E-state index is 0.743. The molecule has 4 heteroatoms. The highest BCUT2D eigenvalue weighted by Crippen LogP contribution is 2.22. The molecule has 0 saturated heterocycles. The lowest BCUT2D eigenvalue weighted by Crippen LogP contribution is -1.91. The van der Waals surface area contributed by atoms with Gasteiger partial charge in [-0.05, 0) is 19.1 Å². The summed E-state index contributed by atoms with van der Waals surface area (Å²) in [6.45, 7) is 1.88. The van der Waals surface area contributed by atoms with Gasteiger partial charge in [-0.1, -0.05) is 23.4 Å². The second-order valence-electron chi connectivity index (χ2n) is 2.51. The molecule has 0 radical (unpaired) electrons. The van der Waals surface area contributed by atoms with Crippen LogP contribution in [0, 0.1) is 0 Å². The fourth-order valence-corrected chi connectivity index (χ4v) is 0.920. The first-order chi connectivity index (χ1) is 6.88. The number of hydrogen-bond acceptors (Lipinski definition) is 3. The molecule has 1 aromatic rings. The lowest BCUT2D eigenvalue weighted by Gasteiger charge is -2.04. The van der Waals surface area contributed by atoms with Gasteiger partial charge in [-0.2, -0.15) is 0 Å². The van der Waals surface area contributed by atoms with E-state index in [-0.39, 0.29) is 0 Å². The van der Waals surface area contributed by atoms with Gasteiger partial charge in [0.15, 0.2) is 0 Å². The molecule has 0 aliphatic carbocycles. The zero-order valence-corrected chi connectivity index (χ0v) is 8.27. The third kappa shape index (κ3) is 2.90. The van der Waals surface area contributed by atoms with Crippen molar-refractivity contribution >= 4 is 5.69 Å². The molecule has 0 aliphatic rings. The van der Waals surface area contributed by atoms with Crippen LogP contribution >= 0.6 is 0 Å². The van der Waals surface area contributed by atoms with Crippen molar-refractivity contribution in [1.82, 2.24) is 0 Å². The number of allylic oxidation sites excluding steroid dienone is 1. The fourth-order valence-electron chi connectivity index (χ4n) is 0.920. The highest BCUT2D eigenvalue weighted by molar-refractivity contribution is 5.55. The summed E-state index contributed by atoms with van der Waals surface area (Å²) in [6, 6.07) is 7.52. The van der Waals surface area contributed by atoms with Crippen LogP contribution in [0.5, 0.6) is 5.75 Å². The highest BCUT2D eigenvalue weighted by atomic mass is 16.5. The molecule has 1 N–H and O–H groups in total. The third-order valence-corrected chi connectivity index (χ3v) is 1.55. The van der Waals surface area contributed by atoms with Crippen LogP contribution < -0.4 is 10.2 Å². The molecule has 0 saturated carbocycles. The van der Waals surface area contributed by atoms with Gasteiger partial charge in [0.2, 0.25) is 0 Å². The maximum absolute atomic E-state index is 5.12. The SMILES string of the molecule is C/C=C/N=NNc1ccccc1OC. The van der Waals surface area contributed by atoms with Crippen molar-refractivity contribution in [2.75, 3.05) is 12.5 Å². The first-order valence-corrected chi connectivity index (χ1v) is 4.28. The predicted molar refractivity (Wildman–Crippen MR) is 56.3 cm³/mol. The van der Waals surface area contributed by atoms with Gasteiger partial charge in [0.25, 0.3) is 0 Å². The average Bonchev–Trinajstić information content (AvgIpc) is 2.25. The third-order valence-electron chi connectivity index (χ3n) is 1.55. The van der Waals surface area contributed by atoms with Crippen LogP contribution in [0.15, 0.2) is 46.9 Å². The van der Waals surface area contributed by atoms with Crippen molar-refractivity contribution in [2.24, 2.45) is 10.3 Å². The highest BCUT2D eigenvalue weighted by Gasteiger charge is 1.97. The van der Waals surface area contributed by atoms with Gasteiger partial charge in [0.1, 0.15) is 5.75 Å². The lowest BCUT2D eigenvalue weighted by atomic mass is 10.3. The molecule has 0 aromatic heterocycles. The molecule has 1 aromatic carbocycles. The van der Waals surface area contributed by atoms with Crippen molar-refractivity contribution in [1.29, 1.82) is 0 Å². The van der Waals surface area contributed by atoms with Crippen molar-refractivity contribution in [2.45, 2.75) is 6.92 Å². The number of nitrogens with one attached hydrogen (secondary N) is 1. The topological polar surface area (TPSA) is 46.0 Å². The van der Waals surface area contributed by atoms with Crippen LogP contribution in [0.25, 0.3) is 0 Å². The van der Waals surface area contributed by atoms with Crippen molar-refractivity contribution in [3.8, 4) is 5.75 Å². The number of hydrogen-bond donors (Lipinski definition) is 1. The van der Waals surface area contributed by atoms with E-state index in [0.29, 0.717) is 0 Å². The zero-order chi connectivity index (χ0) is 10.2. The summed E-state index contributed by atoms with van der Waals surface area (Å²) in [7, 11) is 1.61. The number of methoxy groups -OCH3 is 1. The molecule has 0 unspecified atom stereocenters. The molecule has 0 fully saturated rings. The minimum atomic E-state index is 0.743. The molecule has 0 aliphatic heterocycles. The summed E-state index contributed by atoms with van der Waals surface area (Å²) in [4.78, 5) is 0. The van der Waals surface area contributed by atoms with Crippen LogP contribution in [-0.2, 0) is 0 Å². The smallest absolute Gasteiger partial charge is 0.143 e. The van der Waals surface area contributed by atoms with Crippen LogP contribution in [0.2, 0.25) is 0 Å². The van der Waals surface area contributed by atoms with E-state index < -0.39 is 0 Å². The summed E-state index contributed by atoms with van der Waals surface area (Å²) >= 11 is 0. The summed E-state index contributed by atoms with van der Waals surface area (Å²) < 4.78 is 5.12. The Morgan fingerprint density at radius 2 is 2.14 bits per heavy atom. The first-order valence-electron chi connectivity index (χ1n) is 4.28. The van der Waals surface area contributed by atoms with E-state index in [4.69, 9.17) is 4.74 Å². The molecule has 0 bridgehead atoms. The Hall–Kier alpha value is -1.84. The number of anilines is 1. The Morgan fingerprint density at radius 3 is 2.86 bits per heavy atom. The first kappa shape index (κ1) is 10.2. The predicted octanol–water partition coefficient (Wildman–Crippen LogP) is 3.01. The fraction of sp³-hybridized carbons (Fsp3) is 0.200.